The van der Waals surface area contributed by atoms with E-state index in [1.165, 1.54) is 27.9 Å². The highest BCUT2D eigenvalue weighted by Crippen LogP contribution is 2.33. The van der Waals surface area contributed by atoms with Gasteiger partial charge in [-0.15, -0.1) is 0 Å². The SMILES string of the molecule is C/C=C(\C)C(=O)O[C@H]1CCN2CC=C(COC(=O)[C@@](O)([C@@H](C)OC)C(C)(C)O)[C@H]12. The molecule has 0 aromatic heterocycles. The predicted molar refractivity (Wildman–Crippen MR) is 106 cm³/mol. The maximum Gasteiger partial charge on any atom is 0.344 e. The van der Waals surface area contributed by atoms with Crippen molar-refractivity contribution in [2.45, 2.75) is 70.5 Å². The number of aliphatic hydroxyl groups is 2. The summed E-state index contributed by atoms with van der Waals surface area (Å²) in [5.41, 5.74) is -2.65. The molecule has 2 heterocycles. The zero-order chi connectivity index (χ0) is 22.0. The highest BCUT2D eigenvalue weighted by Gasteiger charge is 2.55. The molecule has 1 saturated heterocycles. The Morgan fingerprint density at radius 2 is 2.03 bits per heavy atom. The lowest BCUT2D eigenvalue weighted by Gasteiger charge is -2.40. The van der Waals surface area contributed by atoms with Gasteiger partial charge in [0, 0.05) is 25.8 Å². The Morgan fingerprint density at radius 3 is 2.59 bits per heavy atom. The Hall–Kier alpha value is -1.74. The number of nitrogens with zero attached hydrogens (tertiary/aromatic N) is 1. The van der Waals surface area contributed by atoms with Crippen LogP contribution in [0.25, 0.3) is 0 Å². The molecule has 0 unspecified atom stereocenters. The topological polar surface area (TPSA) is 106 Å². The summed E-state index contributed by atoms with van der Waals surface area (Å²) in [6.45, 7) is 9.03. The van der Waals surface area contributed by atoms with Crippen LogP contribution >= 0.6 is 0 Å². The molecule has 8 nitrogen and oxygen atoms in total. The van der Waals surface area contributed by atoms with Crippen LogP contribution in [0.2, 0.25) is 0 Å². The highest BCUT2D eigenvalue weighted by atomic mass is 16.6. The minimum absolute atomic E-state index is 0.0640. The molecule has 164 valence electrons. The van der Waals surface area contributed by atoms with E-state index in [1.807, 2.05) is 6.08 Å². The van der Waals surface area contributed by atoms with Crippen LogP contribution in [0.1, 0.15) is 41.0 Å². The Labute approximate surface area is 172 Å². The van der Waals surface area contributed by atoms with Gasteiger partial charge in [-0.2, -0.15) is 0 Å². The quantitative estimate of drug-likeness (QED) is 0.346. The summed E-state index contributed by atoms with van der Waals surface area (Å²) in [4.78, 5) is 27.0. The molecule has 0 radical (unpaired) electrons. The van der Waals surface area contributed by atoms with Gasteiger partial charge in [0.05, 0.1) is 12.1 Å². The average Bonchev–Trinajstić information content (AvgIpc) is 3.26. The molecule has 4 atom stereocenters. The third-order valence-electron chi connectivity index (χ3n) is 5.98. The lowest BCUT2D eigenvalue weighted by atomic mass is 9.81. The summed E-state index contributed by atoms with van der Waals surface area (Å²) in [5, 5.41) is 21.2. The number of hydrogen-bond acceptors (Lipinski definition) is 8. The number of carbonyl (C=O) groups is 2. The van der Waals surface area contributed by atoms with Gasteiger partial charge in [-0.3, -0.25) is 4.90 Å². The standard InChI is InChI=1S/C21H33NO7/c1-7-13(2)18(23)29-16-9-11-22-10-8-15(17(16)22)12-28-19(24)21(26,14(3)27-6)20(4,5)25/h7-8,14,16-17,25-26H,9-12H2,1-6H3/b13-7+/t14-,16+,17-,21+/m1/s1. The molecule has 0 spiro atoms. The molecule has 0 amide bonds. The summed E-state index contributed by atoms with van der Waals surface area (Å²) in [6.07, 6.45) is 3.05. The van der Waals surface area contributed by atoms with Gasteiger partial charge in [0.25, 0.3) is 0 Å². The number of rotatable bonds is 8. The number of hydrogen-bond donors (Lipinski definition) is 2. The lowest BCUT2D eigenvalue weighted by Crippen LogP contribution is -2.63. The van der Waals surface area contributed by atoms with Crippen molar-refractivity contribution in [1.82, 2.24) is 4.90 Å². The van der Waals surface area contributed by atoms with Gasteiger partial charge in [0.15, 0.2) is 0 Å². The van der Waals surface area contributed by atoms with Crippen molar-refractivity contribution in [3.05, 3.63) is 23.3 Å². The second kappa shape index (κ2) is 8.95. The molecular weight excluding hydrogens is 378 g/mol. The van der Waals surface area contributed by atoms with Crippen LogP contribution in [0, 0.1) is 0 Å². The van der Waals surface area contributed by atoms with E-state index in [0.717, 1.165) is 12.1 Å². The lowest BCUT2D eigenvalue weighted by molar-refractivity contribution is -0.216. The van der Waals surface area contributed by atoms with Crippen molar-refractivity contribution in [3.63, 3.8) is 0 Å². The molecule has 0 aromatic rings. The Balaban J connectivity index is 2.08. The Kier molecular flexibility index (Phi) is 7.27. The maximum atomic E-state index is 12.7. The summed E-state index contributed by atoms with van der Waals surface area (Å²) < 4.78 is 16.1. The van der Waals surface area contributed by atoms with Crippen LogP contribution in [0.4, 0.5) is 0 Å². The van der Waals surface area contributed by atoms with E-state index in [9.17, 15) is 19.8 Å². The first kappa shape index (κ1) is 23.5. The monoisotopic (exact) mass is 411 g/mol. The fourth-order valence-electron chi connectivity index (χ4n) is 3.82. The number of esters is 2. The molecular formula is C21H33NO7. The third kappa shape index (κ3) is 4.55. The van der Waals surface area contributed by atoms with Gasteiger partial charge >= 0.3 is 11.9 Å². The van der Waals surface area contributed by atoms with Crippen LogP contribution in [0.3, 0.4) is 0 Å². The zero-order valence-corrected chi connectivity index (χ0v) is 18.1. The van der Waals surface area contributed by atoms with Gasteiger partial charge in [0.2, 0.25) is 5.60 Å². The molecule has 2 N–H and O–H groups in total. The van der Waals surface area contributed by atoms with Crippen LogP contribution in [-0.4, -0.2) is 83.3 Å². The first-order chi connectivity index (χ1) is 13.5. The first-order valence-electron chi connectivity index (χ1n) is 9.89. The van der Waals surface area contributed by atoms with Gasteiger partial charge < -0.3 is 24.4 Å². The van der Waals surface area contributed by atoms with Crippen LogP contribution in [0.5, 0.6) is 0 Å². The van der Waals surface area contributed by atoms with E-state index in [1.54, 1.807) is 19.9 Å². The molecule has 8 heteroatoms. The second-order valence-corrected chi connectivity index (χ2v) is 8.20. The largest absolute Gasteiger partial charge is 0.459 e. The molecule has 0 aliphatic carbocycles. The van der Waals surface area contributed by atoms with Gasteiger partial charge in [-0.1, -0.05) is 12.2 Å². The minimum atomic E-state index is -2.23. The van der Waals surface area contributed by atoms with Crippen molar-refractivity contribution >= 4 is 11.9 Å². The van der Waals surface area contributed by atoms with Gasteiger partial charge in [-0.25, -0.2) is 9.59 Å². The number of ether oxygens (including phenoxy) is 3. The normalized spacial score (nSPS) is 25.8. The van der Waals surface area contributed by atoms with E-state index in [-0.39, 0.29) is 24.7 Å². The summed E-state index contributed by atoms with van der Waals surface area (Å²) in [7, 11) is 1.34. The number of methoxy groups -OCH3 is 1. The Bertz CT molecular complexity index is 694. The summed E-state index contributed by atoms with van der Waals surface area (Å²) in [6, 6.07) is -0.161. The number of fused-ring (bicyclic) bond motifs is 1. The molecule has 0 bridgehead atoms. The van der Waals surface area contributed by atoms with Crippen molar-refractivity contribution in [1.29, 1.82) is 0 Å². The van der Waals surface area contributed by atoms with Crippen LogP contribution < -0.4 is 0 Å². The van der Waals surface area contributed by atoms with Gasteiger partial charge in [0.1, 0.15) is 18.3 Å². The Morgan fingerprint density at radius 1 is 1.38 bits per heavy atom. The van der Waals surface area contributed by atoms with E-state index < -0.39 is 23.3 Å². The van der Waals surface area contributed by atoms with E-state index in [0.29, 0.717) is 18.5 Å². The average molecular weight is 411 g/mol. The molecule has 2 rings (SSSR count). The van der Waals surface area contributed by atoms with E-state index in [2.05, 4.69) is 4.90 Å². The fourth-order valence-corrected chi connectivity index (χ4v) is 3.82. The molecule has 2 aliphatic heterocycles. The van der Waals surface area contributed by atoms with E-state index in [4.69, 9.17) is 14.2 Å². The minimum Gasteiger partial charge on any atom is -0.459 e. The van der Waals surface area contributed by atoms with Crippen molar-refractivity contribution in [2.24, 2.45) is 0 Å². The van der Waals surface area contributed by atoms with Crippen molar-refractivity contribution in [3.8, 4) is 0 Å². The number of allylic oxidation sites excluding steroid dienone is 1. The van der Waals surface area contributed by atoms with Gasteiger partial charge in [-0.05, 0) is 46.6 Å². The fraction of sp³-hybridized carbons (Fsp3) is 0.714. The first-order valence-corrected chi connectivity index (χ1v) is 9.89. The van der Waals surface area contributed by atoms with Crippen molar-refractivity contribution < 1.29 is 34.0 Å². The predicted octanol–water partition coefficient (Wildman–Crippen LogP) is 0.959. The zero-order valence-electron chi connectivity index (χ0n) is 18.1. The van der Waals surface area contributed by atoms with Crippen LogP contribution in [-0.2, 0) is 23.8 Å². The molecule has 0 aromatic carbocycles. The molecule has 29 heavy (non-hydrogen) atoms. The summed E-state index contributed by atoms with van der Waals surface area (Å²) >= 11 is 0. The molecule has 1 fully saturated rings. The summed E-state index contributed by atoms with van der Waals surface area (Å²) in [5.74, 6) is -1.32. The maximum absolute atomic E-state index is 12.7. The third-order valence-corrected chi connectivity index (χ3v) is 5.98. The van der Waals surface area contributed by atoms with Crippen molar-refractivity contribution in [2.75, 3.05) is 26.8 Å². The van der Waals surface area contributed by atoms with Crippen LogP contribution in [0.15, 0.2) is 23.3 Å². The second-order valence-electron chi connectivity index (χ2n) is 8.20. The molecule has 0 saturated carbocycles. The highest BCUT2D eigenvalue weighted by molar-refractivity contribution is 5.87. The molecule has 2 aliphatic rings. The smallest absolute Gasteiger partial charge is 0.344 e. The number of carbonyl (C=O) groups excluding carboxylic acids is 2. The van der Waals surface area contributed by atoms with E-state index >= 15 is 0 Å².